The maximum absolute atomic E-state index is 12.9. The molecule has 0 aromatic heterocycles. The molecule has 0 saturated carbocycles. The highest BCUT2D eigenvalue weighted by Gasteiger charge is 2.32. The van der Waals surface area contributed by atoms with E-state index < -0.39 is 10.0 Å². The van der Waals surface area contributed by atoms with Crippen molar-refractivity contribution in [2.45, 2.75) is 31.2 Å². The second-order valence-electron chi connectivity index (χ2n) is 6.36. The number of nitrogens with zero attached hydrogens (tertiary/aromatic N) is 2. The van der Waals surface area contributed by atoms with Gasteiger partial charge < -0.3 is 5.32 Å². The van der Waals surface area contributed by atoms with Gasteiger partial charge in [0.25, 0.3) is 0 Å². The molecule has 0 radical (unpaired) electrons. The number of benzene rings is 1. The van der Waals surface area contributed by atoms with Crippen LogP contribution >= 0.6 is 0 Å². The molecule has 0 spiro atoms. The average molecular weight is 323 g/mol. The van der Waals surface area contributed by atoms with Gasteiger partial charge in [-0.15, -0.1) is 0 Å². The topological polar surface area (TPSA) is 52.7 Å². The van der Waals surface area contributed by atoms with Crippen LogP contribution in [0.1, 0.15) is 17.5 Å². The molecule has 2 fully saturated rings. The van der Waals surface area contributed by atoms with E-state index in [1.54, 1.807) is 10.4 Å². The van der Waals surface area contributed by atoms with Crippen molar-refractivity contribution in [3.05, 3.63) is 29.3 Å². The van der Waals surface area contributed by atoms with Crippen molar-refractivity contribution >= 4 is 10.0 Å². The number of sulfonamides is 1. The van der Waals surface area contributed by atoms with Crippen LogP contribution in [0, 0.1) is 13.8 Å². The van der Waals surface area contributed by atoms with E-state index >= 15 is 0 Å². The molecule has 122 valence electrons. The van der Waals surface area contributed by atoms with E-state index in [1.807, 2.05) is 26.0 Å². The van der Waals surface area contributed by atoms with Crippen LogP contribution in [-0.4, -0.2) is 62.9 Å². The molecular weight excluding hydrogens is 298 g/mol. The van der Waals surface area contributed by atoms with E-state index in [0.717, 1.165) is 37.3 Å². The maximum atomic E-state index is 12.9. The van der Waals surface area contributed by atoms with Gasteiger partial charge in [0.15, 0.2) is 0 Å². The van der Waals surface area contributed by atoms with Gasteiger partial charge in [0.05, 0.1) is 4.90 Å². The van der Waals surface area contributed by atoms with Crippen LogP contribution in [0.5, 0.6) is 0 Å². The first-order chi connectivity index (χ1) is 10.5. The summed E-state index contributed by atoms with van der Waals surface area (Å²) < 4.78 is 27.4. The van der Waals surface area contributed by atoms with Crippen molar-refractivity contribution < 1.29 is 8.42 Å². The molecule has 1 aromatic rings. The Morgan fingerprint density at radius 2 is 1.86 bits per heavy atom. The highest BCUT2D eigenvalue weighted by atomic mass is 32.2. The fraction of sp³-hybridized carbons (Fsp3) is 0.625. The van der Waals surface area contributed by atoms with Crippen LogP contribution in [0.2, 0.25) is 0 Å². The Kier molecular flexibility index (Phi) is 4.54. The summed E-state index contributed by atoms with van der Waals surface area (Å²) in [6, 6.07) is 6.21. The summed E-state index contributed by atoms with van der Waals surface area (Å²) in [5, 5.41) is 3.38. The minimum atomic E-state index is -3.37. The molecule has 22 heavy (non-hydrogen) atoms. The Hall–Kier alpha value is -0.950. The number of piperazine rings is 1. The number of rotatable bonds is 3. The summed E-state index contributed by atoms with van der Waals surface area (Å²) in [5.74, 6) is 0. The molecule has 1 unspecified atom stereocenters. The first-order valence-corrected chi connectivity index (χ1v) is 9.44. The molecule has 3 rings (SSSR count). The van der Waals surface area contributed by atoms with Crippen molar-refractivity contribution in [3.8, 4) is 0 Å². The molecule has 0 bridgehead atoms. The van der Waals surface area contributed by atoms with E-state index in [-0.39, 0.29) is 0 Å². The van der Waals surface area contributed by atoms with Gasteiger partial charge in [-0.25, -0.2) is 8.42 Å². The lowest BCUT2D eigenvalue weighted by molar-refractivity contribution is 0.145. The van der Waals surface area contributed by atoms with Gasteiger partial charge in [-0.3, -0.25) is 4.90 Å². The molecule has 1 atom stereocenters. The molecule has 0 amide bonds. The molecule has 0 aliphatic carbocycles. The zero-order chi connectivity index (χ0) is 15.7. The second-order valence-corrected chi connectivity index (χ2v) is 8.26. The zero-order valence-corrected chi connectivity index (χ0v) is 14.2. The minimum Gasteiger partial charge on any atom is -0.315 e. The monoisotopic (exact) mass is 323 g/mol. The number of nitrogens with one attached hydrogen (secondary N) is 1. The normalized spacial score (nSPS) is 24.7. The molecule has 2 aliphatic heterocycles. The fourth-order valence-electron chi connectivity index (χ4n) is 3.38. The molecular formula is C16H25N3O2S. The Labute approximate surface area is 133 Å². The highest BCUT2D eigenvalue weighted by molar-refractivity contribution is 7.89. The summed E-state index contributed by atoms with van der Waals surface area (Å²) >= 11 is 0. The van der Waals surface area contributed by atoms with Crippen molar-refractivity contribution in [1.29, 1.82) is 0 Å². The zero-order valence-electron chi connectivity index (χ0n) is 13.4. The standard InChI is InChI=1S/C16H25N3O2S/c1-13-3-4-14(2)16(11-13)22(20,21)19-9-7-18(8-10-19)15-5-6-17-12-15/h3-4,11,15,17H,5-10,12H2,1-2H3. The molecule has 5 nitrogen and oxygen atoms in total. The smallest absolute Gasteiger partial charge is 0.243 e. The van der Waals surface area contributed by atoms with E-state index in [2.05, 4.69) is 10.2 Å². The van der Waals surface area contributed by atoms with Gasteiger partial charge in [0, 0.05) is 38.8 Å². The highest BCUT2D eigenvalue weighted by Crippen LogP contribution is 2.23. The van der Waals surface area contributed by atoms with Crippen LogP contribution in [0.3, 0.4) is 0 Å². The molecule has 2 saturated heterocycles. The van der Waals surface area contributed by atoms with Gasteiger partial charge in [-0.1, -0.05) is 12.1 Å². The number of hydrogen-bond acceptors (Lipinski definition) is 4. The Morgan fingerprint density at radius 3 is 2.50 bits per heavy atom. The summed E-state index contributed by atoms with van der Waals surface area (Å²) in [6.07, 6.45) is 1.17. The molecule has 2 aliphatic rings. The molecule has 2 heterocycles. The number of hydrogen-bond donors (Lipinski definition) is 1. The lowest BCUT2D eigenvalue weighted by atomic mass is 10.2. The van der Waals surface area contributed by atoms with Crippen LogP contribution < -0.4 is 5.32 Å². The molecule has 1 N–H and O–H groups in total. The van der Waals surface area contributed by atoms with Gasteiger partial charge in [0.1, 0.15) is 0 Å². The number of aryl methyl sites for hydroxylation is 2. The van der Waals surface area contributed by atoms with E-state index in [4.69, 9.17) is 0 Å². The van der Waals surface area contributed by atoms with Gasteiger partial charge >= 0.3 is 0 Å². The largest absolute Gasteiger partial charge is 0.315 e. The van der Waals surface area contributed by atoms with Crippen molar-refractivity contribution in [2.24, 2.45) is 0 Å². The Morgan fingerprint density at radius 1 is 1.14 bits per heavy atom. The average Bonchev–Trinajstić information content (AvgIpc) is 3.04. The van der Waals surface area contributed by atoms with E-state index in [0.29, 0.717) is 24.0 Å². The van der Waals surface area contributed by atoms with E-state index in [9.17, 15) is 8.42 Å². The Bertz CT molecular complexity index is 631. The predicted molar refractivity (Wildman–Crippen MR) is 87.5 cm³/mol. The van der Waals surface area contributed by atoms with Gasteiger partial charge in [-0.2, -0.15) is 4.31 Å². The second kappa shape index (κ2) is 6.28. The first kappa shape index (κ1) is 15.9. The van der Waals surface area contributed by atoms with Crippen LogP contribution in [-0.2, 0) is 10.0 Å². The summed E-state index contributed by atoms with van der Waals surface area (Å²) in [4.78, 5) is 2.89. The summed E-state index contributed by atoms with van der Waals surface area (Å²) in [5.41, 5.74) is 1.81. The lowest BCUT2D eigenvalue weighted by Crippen LogP contribution is -2.52. The third kappa shape index (κ3) is 3.06. The third-order valence-corrected chi connectivity index (χ3v) is 6.83. The maximum Gasteiger partial charge on any atom is 0.243 e. The van der Waals surface area contributed by atoms with Crippen molar-refractivity contribution in [1.82, 2.24) is 14.5 Å². The van der Waals surface area contributed by atoms with Gasteiger partial charge in [-0.05, 0) is 44.0 Å². The predicted octanol–water partition coefficient (Wildman–Crippen LogP) is 0.972. The van der Waals surface area contributed by atoms with Gasteiger partial charge in [0.2, 0.25) is 10.0 Å². The third-order valence-electron chi connectivity index (χ3n) is 4.79. The Balaban J connectivity index is 1.73. The van der Waals surface area contributed by atoms with Crippen molar-refractivity contribution in [2.75, 3.05) is 39.3 Å². The lowest BCUT2D eigenvalue weighted by Gasteiger charge is -2.37. The quantitative estimate of drug-likeness (QED) is 0.901. The minimum absolute atomic E-state index is 0.462. The van der Waals surface area contributed by atoms with Crippen molar-refractivity contribution in [3.63, 3.8) is 0 Å². The summed E-state index contributed by atoms with van der Waals surface area (Å²) in [6.45, 7) is 8.75. The fourth-order valence-corrected chi connectivity index (χ4v) is 5.12. The van der Waals surface area contributed by atoms with E-state index in [1.165, 1.54) is 6.42 Å². The van der Waals surface area contributed by atoms with Crippen LogP contribution in [0.25, 0.3) is 0 Å². The summed E-state index contributed by atoms with van der Waals surface area (Å²) in [7, 11) is -3.37. The molecule has 6 heteroatoms. The van der Waals surface area contributed by atoms with Crippen LogP contribution in [0.15, 0.2) is 23.1 Å². The SMILES string of the molecule is Cc1ccc(C)c(S(=O)(=O)N2CCN(C3CCNC3)CC2)c1. The molecule has 1 aromatic carbocycles. The first-order valence-electron chi connectivity index (χ1n) is 8.00. The van der Waals surface area contributed by atoms with Crippen LogP contribution in [0.4, 0.5) is 0 Å².